The Kier molecular flexibility index (Phi) is 6.95. The number of halogens is 1. The Morgan fingerprint density at radius 2 is 2.03 bits per heavy atom. The van der Waals surface area contributed by atoms with Gasteiger partial charge in [0.05, 0.1) is 27.2 Å². The first kappa shape index (κ1) is 25.4. The van der Waals surface area contributed by atoms with Gasteiger partial charge in [-0.3, -0.25) is 4.79 Å². The summed E-state index contributed by atoms with van der Waals surface area (Å²) in [5.41, 5.74) is 11.8. The average molecular weight is 536 g/mol. The second kappa shape index (κ2) is 10.7. The van der Waals surface area contributed by atoms with E-state index in [2.05, 4.69) is 37.9 Å². The van der Waals surface area contributed by atoms with Crippen molar-refractivity contribution in [3.05, 3.63) is 95.4 Å². The van der Waals surface area contributed by atoms with Gasteiger partial charge in [0.15, 0.2) is 0 Å². The fraction of sp³-hybridized carbons (Fsp3) is 0.0690. The summed E-state index contributed by atoms with van der Waals surface area (Å²) in [7, 11) is 0. The number of nitrogens with zero attached hydrogens (tertiary/aromatic N) is 4. The summed E-state index contributed by atoms with van der Waals surface area (Å²) in [5, 5.41) is 13.5. The maximum Gasteiger partial charge on any atom is 0.322 e. The van der Waals surface area contributed by atoms with Gasteiger partial charge in [-0.25, -0.2) is 15.0 Å². The Balaban J connectivity index is 1.60. The molecule has 0 saturated carbocycles. The summed E-state index contributed by atoms with van der Waals surface area (Å²) in [6.07, 6.45) is 4.28. The molecular formula is C29H22ClN7O2. The number of ether oxygens (including phenoxy) is 1. The number of nitriles is 1. The molecule has 0 radical (unpaired) electrons. The minimum Gasteiger partial charge on any atom is -0.424 e. The van der Waals surface area contributed by atoms with Crippen molar-refractivity contribution in [2.75, 3.05) is 5.73 Å². The maximum absolute atomic E-state index is 11.6. The number of nitrogens with two attached hydrogens (primary N) is 1. The summed E-state index contributed by atoms with van der Waals surface area (Å²) in [6.45, 7) is 5.62. The van der Waals surface area contributed by atoms with Crippen molar-refractivity contribution < 1.29 is 9.53 Å². The Labute approximate surface area is 229 Å². The Hall–Kier alpha value is -5.20. The Morgan fingerprint density at radius 3 is 2.72 bits per heavy atom. The number of amides is 1. The summed E-state index contributed by atoms with van der Waals surface area (Å²) in [6, 6.07) is 17.1. The lowest BCUT2D eigenvalue weighted by Crippen LogP contribution is -2.19. The number of hydrogen-bond donors (Lipinski definition) is 3. The van der Waals surface area contributed by atoms with Crippen LogP contribution >= 0.6 is 11.6 Å². The highest BCUT2D eigenvalue weighted by Gasteiger charge is 2.22. The van der Waals surface area contributed by atoms with Crippen LogP contribution in [0.1, 0.15) is 16.8 Å². The molecule has 4 N–H and O–H groups in total. The van der Waals surface area contributed by atoms with Crippen molar-refractivity contribution in [1.82, 2.24) is 25.3 Å². The molecule has 5 aromatic rings. The summed E-state index contributed by atoms with van der Waals surface area (Å²) in [4.78, 5) is 27.6. The van der Waals surface area contributed by atoms with Gasteiger partial charge >= 0.3 is 6.01 Å². The number of pyridine rings is 1. The number of benzene rings is 2. The lowest BCUT2D eigenvalue weighted by Gasteiger charge is -2.11. The van der Waals surface area contributed by atoms with Gasteiger partial charge in [0.1, 0.15) is 17.6 Å². The predicted molar refractivity (Wildman–Crippen MR) is 150 cm³/mol. The molecule has 3 aromatic heterocycles. The van der Waals surface area contributed by atoms with E-state index in [-0.39, 0.29) is 17.7 Å². The van der Waals surface area contributed by atoms with Crippen LogP contribution in [0.4, 0.5) is 5.82 Å². The second-order valence-electron chi connectivity index (χ2n) is 8.64. The number of aryl methyl sites for hydroxylation is 1. The third-order valence-corrected chi connectivity index (χ3v) is 6.37. The smallest absolute Gasteiger partial charge is 0.322 e. The van der Waals surface area contributed by atoms with E-state index in [1.807, 2.05) is 31.2 Å². The molecule has 0 atom stereocenters. The van der Waals surface area contributed by atoms with E-state index >= 15 is 0 Å². The normalized spacial score (nSPS) is 10.7. The van der Waals surface area contributed by atoms with Crippen LogP contribution in [0.5, 0.6) is 11.8 Å². The third kappa shape index (κ3) is 5.14. The molecule has 0 spiro atoms. The number of nitrogen functional groups attached to an aromatic ring is 1. The van der Waals surface area contributed by atoms with Crippen LogP contribution in [0.25, 0.3) is 33.3 Å². The zero-order valence-corrected chi connectivity index (χ0v) is 21.6. The van der Waals surface area contributed by atoms with Crippen molar-refractivity contribution in [2.24, 2.45) is 0 Å². The summed E-state index contributed by atoms with van der Waals surface area (Å²) >= 11 is 6.74. The zero-order chi connectivity index (χ0) is 27.5. The minimum absolute atomic E-state index is 0.249. The molecule has 39 heavy (non-hydrogen) atoms. The molecule has 0 fully saturated rings. The van der Waals surface area contributed by atoms with E-state index in [1.165, 1.54) is 12.3 Å². The molecule has 0 unspecified atom stereocenters. The molecule has 0 bridgehead atoms. The van der Waals surface area contributed by atoms with Gasteiger partial charge in [0.2, 0.25) is 5.91 Å². The lowest BCUT2D eigenvalue weighted by atomic mass is 9.97. The van der Waals surface area contributed by atoms with E-state index < -0.39 is 0 Å². The predicted octanol–water partition coefficient (Wildman–Crippen LogP) is 5.70. The monoisotopic (exact) mass is 535 g/mol. The first-order chi connectivity index (χ1) is 18.9. The van der Waals surface area contributed by atoms with E-state index in [9.17, 15) is 10.1 Å². The molecule has 9 nitrogen and oxygen atoms in total. The van der Waals surface area contributed by atoms with Crippen LogP contribution in [-0.4, -0.2) is 25.8 Å². The highest BCUT2D eigenvalue weighted by Crippen LogP contribution is 2.43. The molecule has 0 aliphatic carbocycles. The number of carbonyl (C=O) groups is 1. The highest BCUT2D eigenvalue weighted by molar-refractivity contribution is 6.33. The standard InChI is InChI=1S/C29H22ClN7O2/c1-3-23(38)34-14-17-4-9-21(22(30)12-17)27-24(25-26(37-27)19(13-31)15-35-28(25)32)18-5-7-20(8-6-18)39-29-33-11-10-16(2)36-29/h3-12,15,37H,1,14H2,2H3,(H2,32,35)(H,34,38). The molecule has 10 heteroatoms. The number of carbonyl (C=O) groups excluding carboxylic acids is 1. The van der Waals surface area contributed by atoms with E-state index in [0.29, 0.717) is 45.0 Å². The number of H-pyrrole nitrogens is 1. The van der Waals surface area contributed by atoms with Crippen LogP contribution in [0.3, 0.4) is 0 Å². The minimum atomic E-state index is -0.276. The number of anilines is 1. The average Bonchev–Trinajstić information content (AvgIpc) is 3.33. The number of rotatable bonds is 7. The van der Waals surface area contributed by atoms with Crippen molar-refractivity contribution in [2.45, 2.75) is 13.5 Å². The van der Waals surface area contributed by atoms with Crippen LogP contribution in [0, 0.1) is 18.3 Å². The molecule has 3 heterocycles. The molecular weight excluding hydrogens is 514 g/mol. The fourth-order valence-corrected chi connectivity index (χ4v) is 4.50. The molecule has 1 amide bonds. The van der Waals surface area contributed by atoms with Crippen LogP contribution in [0.15, 0.2) is 73.6 Å². The fourth-order valence-electron chi connectivity index (χ4n) is 4.20. The summed E-state index contributed by atoms with van der Waals surface area (Å²) in [5.74, 6) is 0.551. The largest absolute Gasteiger partial charge is 0.424 e. The molecule has 0 saturated heterocycles. The third-order valence-electron chi connectivity index (χ3n) is 6.06. The van der Waals surface area contributed by atoms with Gasteiger partial charge in [0, 0.05) is 35.8 Å². The van der Waals surface area contributed by atoms with Gasteiger partial charge in [-0.05, 0) is 48.4 Å². The number of aromatic nitrogens is 4. The maximum atomic E-state index is 11.6. The Morgan fingerprint density at radius 1 is 1.23 bits per heavy atom. The number of nitrogens with one attached hydrogen (secondary N) is 2. The number of hydrogen-bond acceptors (Lipinski definition) is 7. The lowest BCUT2D eigenvalue weighted by molar-refractivity contribution is -0.116. The first-order valence-electron chi connectivity index (χ1n) is 11.8. The number of fused-ring (bicyclic) bond motifs is 1. The van der Waals surface area contributed by atoms with E-state index in [1.54, 1.807) is 30.5 Å². The van der Waals surface area contributed by atoms with Gasteiger partial charge in [-0.1, -0.05) is 42.4 Å². The quantitative estimate of drug-likeness (QED) is 0.227. The molecule has 2 aromatic carbocycles. The van der Waals surface area contributed by atoms with Gasteiger partial charge in [-0.15, -0.1) is 0 Å². The van der Waals surface area contributed by atoms with Crippen molar-refractivity contribution >= 4 is 34.2 Å². The van der Waals surface area contributed by atoms with Crippen molar-refractivity contribution in [3.8, 4) is 40.2 Å². The van der Waals surface area contributed by atoms with Crippen LogP contribution in [-0.2, 0) is 11.3 Å². The highest BCUT2D eigenvalue weighted by atomic mass is 35.5. The molecule has 0 aliphatic rings. The summed E-state index contributed by atoms with van der Waals surface area (Å²) < 4.78 is 5.81. The number of aromatic amines is 1. The van der Waals surface area contributed by atoms with E-state index in [0.717, 1.165) is 22.4 Å². The van der Waals surface area contributed by atoms with Crippen LogP contribution in [0.2, 0.25) is 5.02 Å². The van der Waals surface area contributed by atoms with Crippen molar-refractivity contribution in [3.63, 3.8) is 0 Å². The van der Waals surface area contributed by atoms with Crippen molar-refractivity contribution in [1.29, 1.82) is 5.26 Å². The van der Waals surface area contributed by atoms with Gasteiger partial charge in [0.25, 0.3) is 0 Å². The molecule has 5 rings (SSSR count). The first-order valence-corrected chi connectivity index (χ1v) is 12.2. The van der Waals surface area contributed by atoms with Gasteiger partial charge < -0.3 is 20.8 Å². The molecule has 0 aliphatic heterocycles. The second-order valence-corrected chi connectivity index (χ2v) is 9.04. The van der Waals surface area contributed by atoms with Gasteiger partial charge in [-0.2, -0.15) is 5.26 Å². The van der Waals surface area contributed by atoms with E-state index in [4.69, 9.17) is 22.1 Å². The SMILES string of the molecule is C=CC(=O)NCc1ccc(-c2[nH]c3c(C#N)cnc(N)c3c2-c2ccc(Oc3nccc(C)n3)cc2)c(Cl)c1. The Bertz CT molecular complexity index is 1770. The topological polar surface area (TPSA) is 143 Å². The zero-order valence-electron chi connectivity index (χ0n) is 20.8. The van der Waals surface area contributed by atoms with Crippen LogP contribution < -0.4 is 15.8 Å². The molecule has 192 valence electrons.